The molecule has 26 heavy (non-hydrogen) atoms. The Morgan fingerprint density at radius 1 is 0.962 bits per heavy atom. The zero-order valence-electron chi connectivity index (χ0n) is 15.5. The number of carbonyl (C=O) groups excluding carboxylic acids is 2. The molecule has 1 amide bonds. The molecule has 0 radical (unpaired) electrons. The molecular weight excluding hydrogens is 330 g/mol. The van der Waals surface area contributed by atoms with Gasteiger partial charge in [0.2, 0.25) is 0 Å². The van der Waals surface area contributed by atoms with Crippen LogP contribution in [0.15, 0.2) is 42.5 Å². The number of esters is 1. The topological polar surface area (TPSA) is 64.6 Å². The highest BCUT2D eigenvalue weighted by molar-refractivity contribution is 5.92. The lowest BCUT2D eigenvalue weighted by Gasteiger charge is -2.09. The van der Waals surface area contributed by atoms with Crippen LogP contribution in [0.2, 0.25) is 0 Å². The molecule has 0 bridgehead atoms. The number of amides is 1. The number of hydrogen-bond acceptors (Lipinski definition) is 4. The Bertz CT molecular complexity index is 750. The van der Waals surface area contributed by atoms with Crippen molar-refractivity contribution in [1.82, 2.24) is 0 Å². The molecule has 5 heteroatoms. The van der Waals surface area contributed by atoms with Gasteiger partial charge >= 0.3 is 5.97 Å². The molecule has 138 valence electrons. The van der Waals surface area contributed by atoms with Crippen molar-refractivity contribution in [2.45, 2.75) is 33.6 Å². The monoisotopic (exact) mass is 355 g/mol. The van der Waals surface area contributed by atoms with E-state index in [4.69, 9.17) is 9.47 Å². The average molecular weight is 355 g/mol. The lowest BCUT2D eigenvalue weighted by molar-refractivity contribution is -0.147. The number of benzene rings is 2. The molecule has 1 N–H and O–H groups in total. The molecule has 0 unspecified atom stereocenters. The van der Waals surface area contributed by atoms with Crippen molar-refractivity contribution in [3.05, 3.63) is 59.2 Å². The second-order valence-corrected chi connectivity index (χ2v) is 6.35. The van der Waals surface area contributed by atoms with Gasteiger partial charge in [0, 0.05) is 12.1 Å². The van der Waals surface area contributed by atoms with Gasteiger partial charge in [-0.15, -0.1) is 0 Å². The third-order valence-corrected chi connectivity index (χ3v) is 3.65. The Morgan fingerprint density at radius 3 is 2.38 bits per heavy atom. The summed E-state index contributed by atoms with van der Waals surface area (Å²) in [7, 11) is 0. The van der Waals surface area contributed by atoms with E-state index < -0.39 is 5.97 Å². The fourth-order valence-electron chi connectivity index (χ4n) is 2.57. The second kappa shape index (κ2) is 9.61. The molecule has 0 aliphatic rings. The predicted octanol–water partition coefficient (Wildman–Crippen LogP) is 3.95. The normalized spacial score (nSPS) is 10.3. The SMILES string of the molecule is Cc1cc(C)cc(NC(=O)COC(=O)CCCOc2cccc(C)c2)c1. The van der Waals surface area contributed by atoms with Crippen molar-refractivity contribution >= 4 is 17.6 Å². The maximum absolute atomic E-state index is 11.9. The second-order valence-electron chi connectivity index (χ2n) is 6.35. The maximum atomic E-state index is 11.9. The Hall–Kier alpha value is -2.82. The fraction of sp³-hybridized carbons (Fsp3) is 0.333. The minimum absolute atomic E-state index is 0.211. The van der Waals surface area contributed by atoms with Crippen LogP contribution in [0.1, 0.15) is 29.5 Å². The summed E-state index contributed by atoms with van der Waals surface area (Å²) in [6, 6.07) is 13.5. The van der Waals surface area contributed by atoms with Gasteiger partial charge in [-0.2, -0.15) is 0 Å². The van der Waals surface area contributed by atoms with E-state index >= 15 is 0 Å². The number of ether oxygens (including phenoxy) is 2. The van der Waals surface area contributed by atoms with Gasteiger partial charge in [0.15, 0.2) is 6.61 Å². The molecule has 5 nitrogen and oxygen atoms in total. The minimum atomic E-state index is -0.409. The molecule has 2 aromatic carbocycles. The average Bonchev–Trinajstić information content (AvgIpc) is 2.56. The van der Waals surface area contributed by atoms with E-state index in [1.54, 1.807) is 0 Å². The Balaban J connectivity index is 1.64. The first kappa shape index (κ1) is 19.5. The Morgan fingerprint density at radius 2 is 1.69 bits per heavy atom. The number of anilines is 1. The molecule has 0 aliphatic carbocycles. The maximum Gasteiger partial charge on any atom is 0.306 e. The van der Waals surface area contributed by atoms with E-state index in [-0.39, 0.29) is 18.9 Å². The van der Waals surface area contributed by atoms with E-state index in [0.717, 1.165) is 22.4 Å². The van der Waals surface area contributed by atoms with Gasteiger partial charge in [-0.05, 0) is 68.1 Å². The first-order chi connectivity index (χ1) is 12.4. The van der Waals surface area contributed by atoms with Gasteiger partial charge in [0.25, 0.3) is 5.91 Å². The van der Waals surface area contributed by atoms with Crippen LogP contribution in [0.3, 0.4) is 0 Å². The molecule has 2 aromatic rings. The lowest BCUT2D eigenvalue weighted by atomic mass is 10.1. The van der Waals surface area contributed by atoms with E-state index in [1.807, 2.05) is 63.2 Å². The van der Waals surface area contributed by atoms with E-state index in [1.165, 1.54) is 0 Å². The van der Waals surface area contributed by atoms with Gasteiger partial charge in [0.1, 0.15) is 5.75 Å². The summed E-state index contributed by atoms with van der Waals surface area (Å²) < 4.78 is 10.6. The van der Waals surface area contributed by atoms with Crippen LogP contribution >= 0.6 is 0 Å². The van der Waals surface area contributed by atoms with Crippen molar-refractivity contribution in [1.29, 1.82) is 0 Å². The summed E-state index contributed by atoms with van der Waals surface area (Å²) in [6.45, 7) is 6.05. The molecule has 0 heterocycles. The molecule has 0 aromatic heterocycles. The number of nitrogens with one attached hydrogen (secondary N) is 1. The number of aryl methyl sites for hydroxylation is 3. The van der Waals surface area contributed by atoms with Crippen LogP contribution in [-0.4, -0.2) is 25.1 Å². The summed E-state index contributed by atoms with van der Waals surface area (Å²) in [4.78, 5) is 23.6. The highest BCUT2D eigenvalue weighted by Gasteiger charge is 2.08. The number of rotatable bonds is 8. The molecular formula is C21H25NO4. The van der Waals surface area contributed by atoms with Gasteiger partial charge in [0.05, 0.1) is 6.61 Å². The van der Waals surface area contributed by atoms with Crippen molar-refractivity contribution in [3.63, 3.8) is 0 Å². The summed E-state index contributed by atoms with van der Waals surface area (Å²) >= 11 is 0. The van der Waals surface area contributed by atoms with Crippen molar-refractivity contribution in [2.24, 2.45) is 0 Å². The van der Waals surface area contributed by atoms with Crippen LogP contribution in [0, 0.1) is 20.8 Å². The molecule has 0 saturated carbocycles. The van der Waals surface area contributed by atoms with Gasteiger partial charge < -0.3 is 14.8 Å². The molecule has 0 saturated heterocycles. The van der Waals surface area contributed by atoms with Gasteiger partial charge in [-0.3, -0.25) is 9.59 Å². The van der Waals surface area contributed by atoms with Gasteiger partial charge in [-0.25, -0.2) is 0 Å². The smallest absolute Gasteiger partial charge is 0.306 e. The third kappa shape index (κ3) is 6.97. The van der Waals surface area contributed by atoms with E-state index in [2.05, 4.69) is 5.32 Å². The molecule has 2 rings (SSSR count). The summed E-state index contributed by atoms with van der Waals surface area (Å²) in [5.74, 6) is 0.0268. The standard InChI is InChI=1S/C21H25NO4/c1-15-6-4-7-19(13-15)25-9-5-8-21(24)26-14-20(23)22-18-11-16(2)10-17(3)12-18/h4,6-7,10-13H,5,8-9,14H2,1-3H3,(H,22,23). The van der Waals surface area contributed by atoms with Crippen LogP contribution in [-0.2, 0) is 14.3 Å². The first-order valence-electron chi connectivity index (χ1n) is 8.65. The summed E-state index contributed by atoms with van der Waals surface area (Å²) in [5, 5.41) is 2.73. The predicted molar refractivity (Wildman–Crippen MR) is 101 cm³/mol. The molecule has 0 spiro atoms. The van der Waals surface area contributed by atoms with Crippen LogP contribution < -0.4 is 10.1 Å². The summed E-state index contributed by atoms with van der Waals surface area (Å²) in [6.07, 6.45) is 0.744. The van der Waals surface area contributed by atoms with E-state index in [9.17, 15) is 9.59 Å². The first-order valence-corrected chi connectivity index (χ1v) is 8.65. The number of carbonyl (C=O) groups is 2. The zero-order valence-corrected chi connectivity index (χ0v) is 15.5. The molecule has 0 fully saturated rings. The highest BCUT2D eigenvalue weighted by Crippen LogP contribution is 2.14. The lowest BCUT2D eigenvalue weighted by Crippen LogP contribution is -2.21. The quantitative estimate of drug-likeness (QED) is 0.575. The van der Waals surface area contributed by atoms with Crippen LogP contribution in [0.4, 0.5) is 5.69 Å². The third-order valence-electron chi connectivity index (χ3n) is 3.65. The zero-order chi connectivity index (χ0) is 18.9. The van der Waals surface area contributed by atoms with Crippen LogP contribution in [0.25, 0.3) is 0 Å². The Labute approximate surface area is 154 Å². The molecule has 0 atom stereocenters. The number of hydrogen-bond donors (Lipinski definition) is 1. The fourth-order valence-corrected chi connectivity index (χ4v) is 2.57. The van der Waals surface area contributed by atoms with Crippen molar-refractivity contribution in [3.8, 4) is 5.75 Å². The van der Waals surface area contributed by atoms with E-state index in [0.29, 0.717) is 18.7 Å². The van der Waals surface area contributed by atoms with Crippen LogP contribution in [0.5, 0.6) is 5.75 Å². The minimum Gasteiger partial charge on any atom is -0.494 e. The Kier molecular flexibility index (Phi) is 7.21. The van der Waals surface area contributed by atoms with Crippen molar-refractivity contribution in [2.75, 3.05) is 18.5 Å². The largest absolute Gasteiger partial charge is 0.494 e. The molecule has 0 aliphatic heterocycles. The highest BCUT2D eigenvalue weighted by atomic mass is 16.5. The van der Waals surface area contributed by atoms with Gasteiger partial charge in [-0.1, -0.05) is 18.2 Å². The van der Waals surface area contributed by atoms with Crippen molar-refractivity contribution < 1.29 is 19.1 Å². The summed E-state index contributed by atoms with van der Waals surface area (Å²) in [5.41, 5.74) is 3.95.